The summed E-state index contributed by atoms with van der Waals surface area (Å²) < 4.78 is 0. The fraction of sp³-hybridized carbons (Fsp3) is 0.963. The van der Waals surface area contributed by atoms with Crippen molar-refractivity contribution in [3.05, 3.63) is 0 Å². The summed E-state index contributed by atoms with van der Waals surface area (Å²) in [6.07, 6.45) is -0.753. The molecule has 4 saturated carbocycles. The van der Waals surface area contributed by atoms with Crippen molar-refractivity contribution in [2.45, 2.75) is 122 Å². The maximum absolute atomic E-state index is 13.3. The van der Waals surface area contributed by atoms with E-state index < -0.39 is 64.2 Å². The molecule has 34 heavy (non-hydrogen) atoms. The van der Waals surface area contributed by atoms with Gasteiger partial charge in [0.1, 0.15) is 5.78 Å². The van der Waals surface area contributed by atoms with Crippen molar-refractivity contribution >= 4 is 5.78 Å². The van der Waals surface area contributed by atoms with Crippen LogP contribution in [-0.2, 0) is 4.79 Å². The topological polar surface area (TPSA) is 138 Å². The van der Waals surface area contributed by atoms with Gasteiger partial charge in [-0.05, 0) is 75.0 Å². The molecule has 6 N–H and O–H groups in total. The van der Waals surface area contributed by atoms with Crippen molar-refractivity contribution in [3.8, 4) is 0 Å². The molecule has 0 aliphatic heterocycles. The number of rotatable bonds is 5. The molecule has 4 fully saturated rings. The van der Waals surface area contributed by atoms with Crippen LogP contribution in [0.3, 0.4) is 0 Å². The largest absolute Gasteiger partial charge is 0.393 e. The van der Waals surface area contributed by atoms with Crippen molar-refractivity contribution in [2.75, 3.05) is 0 Å². The van der Waals surface area contributed by atoms with Crippen LogP contribution in [-0.4, -0.2) is 72.0 Å². The lowest BCUT2D eigenvalue weighted by molar-refractivity contribution is -0.258. The number of hydrogen-bond acceptors (Lipinski definition) is 7. The Balaban J connectivity index is 1.68. The molecule has 0 spiro atoms. The highest BCUT2D eigenvalue weighted by Gasteiger charge is 2.73. The van der Waals surface area contributed by atoms with E-state index in [4.69, 9.17) is 0 Å². The minimum absolute atomic E-state index is 0.0215. The van der Waals surface area contributed by atoms with Gasteiger partial charge < -0.3 is 30.6 Å². The van der Waals surface area contributed by atoms with Crippen LogP contribution in [0.4, 0.5) is 0 Å². The van der Waals surface area contributed by atoms with Crippen LogP contribution in [0.15, 0.2) is 0 Å². The first-order valence-corrected chi connectivity index (χ1v) is 13.3. The number of hydrogen-bond donors (Lipinski definition) is 6. The molecule has 4 aliphatic rings. The summed E-state index contributed by atoms with van der Waals surface area (Å²) in [6.45, 7) is 9.63. The molecule has 4 aliphatic carbocycles. The second kappa shape index (κ2) is 8.49. The summed E-state index contributed by atoms with van der Waals surface area (Å²) in [5.41, 5.74) is -4.29. The van der Waals surface area contributed by atoms with Crippen LogP contribution in [0.25, 0.3) is 0 Å². The highest BCUT2D eigenvalue weighted by atomic mass is 16.3. The van der Waals surface area contributed by atoms with E-state index >= 15 is 0 Å². The minimum Gasteiger partial charge on any atom is -0.393 e. The number of aliphatic hydroxyl groups excluding tert-OH is 4. The maximum Gasteiger partial charge on any atom is 0.137 e. The fourth-order valence-corrected chi connectivity index (χ4v) is 9.10. The van der Waals surface area contributed by atoms with Crippen molar-refractivity contribution in [2.24, 2.45) is 40.4 Å². The van der Waals surface area contributed by atoms with Crippen LogP contribution >= 0.6 is 0 Å². The maximum atomic E-state index is 13.3. The van der Waals surface area contributed by atoms with Gasteiger partial charge in [-0.1, -0.05) is 27.7 Å². The second-order valence-electron chi connectivity index (χ2n) is 13.4. The molecule has 0 bridgehead atoms. The van der Waals surface area contributed by atoms with Gasteiger partial charge in [-0.15, -0.1) is 0 Å². The second-order valence-corrected chi connectivity index (χ2v) is 13.4. The minimum atomic E-state index is -1.43. The Labute approximate surface area is 203 Å². The van der Waals surface area contributed by atoms with E-state index in [1.807, 2.05) is 13.8 Å². The summed E-state index contributed by atoms with van der Waals surface area (Å²) in [5.74, 6) is -1.39. The third-order valence-corrected chi connectivity index (χ3v) is 11.0. The molecule has 4 rings (SSSR count). The lowest BCUT2D eigenvalue weighted by Crippen LogP contribution is -2.70. The van der Waals surface area contributed by atoms with Gasteiger partial charge in [-0.3, -0.25) is 4.79 Å². The normalized spacial score (nSPS) is 51.4. The molecular weight excluding hydrogens is 436 g/mol. The standard InChI is InChI=1S/C27H46O7/c1-14(2)6-7-22(32)26(5,33)21-8-9-27(34)16-11-17(28)15-10-18(29)19(30)12-24(15,3)23(16)20(31)13-25(21,27)4/h14-16,18-23,29-34H,6-13H2,1-5H3/t15-,16+,18+,19-,20+,21-,22+,23+,24-,25+,26+,27+/m0/s1. The van der Waals surface area contributed by atoms with E-state index in [9.17, 15) is 35.4 Å². The van der Waals surface area contributed by atoms with E-state index in [-0.39, 0.29) is 37.4 Å². The zero-order chi connectivity index (χ0) is 25.4. The molecule has 12 atom stereocenters. The number of carbonyl (C=O) groups excluding carboxylic acids is 1. The quantitative estimate of drug-likeness (QED) is 0.351. The van der Waals surface area contributed by atoms with Crippen LogP contribution in [0, 0.1) is 40.4 Å². The first-order valence-electron chi connectivity index (χ1n) is 13.3. The van der Waals surface area contributed by atoms with Crippen molar-refractivity contribution in [1.82, 2.24) is 0 Å². The number of fused-ring (bicyclic) bond motifs is 5. The molecule has 0 radical (unpaired) electrons. The first kappa shape index (κ1) is 26.5. The van der Waals surface area contributed by atoms with Crippen LogP contribution in [0.1, 0.15) is 86.0 Å². The van der Waals surface area contributed by atoms with Gasteiger partial charge in [0, 0.05) is 23.7 Å². The Bertz CT molecular complexity index is 798. The summed E-state index contributed by atoms with van der Waals surface area (Å²) in [7, 11) is 0. The molecule has 0 heterocycles. The Kier molecular flexibility index (Phi) is 6.61. The first-order chi connectivity index (χ1) is 15.6. The number of carbonyl (C=O) groups is 1. The van der Waals surface area contributed by atoms with E-state index in [1.54, 1.807) is 6.92 Å². The lowest BCUT2D eigenvalue weighted by Gasteiger charge is -2.65. The molecule has 7 heteroatoms. The Morgan fingerprint density at radius 2 is 1.71 bits per heavy atom. The van der Waals surface area contributed by atoms with Gasteiger partial charge >= 0.3 is 0 Å². The molecule has 0 saturated heterocycles. The average Bonchev–Trinajstić information content (AvgIpc) is 2.99. The monoisotopic (exact) mass is 482 g/mol. The zero-order valence-corrected chi connectivity index (χ0v) is 21.4. The molecule has 0 unspecified atom stereocenters. The summed E-state index contributed by atoms with van der Waals surface area (Å²) in [6, 6.07) is 0. The number of aliphatic hydroxyl groups is 6. The van der Waals surface area contributed by atoms with Gasteiger partial charge in [0.2, 0.25) is 0 Å². The van der Waals surface area contributed by atoms with E-state index in [0.717, 1.165) is 6.42 Å². The van der Waals surface area contributed by atoms with Gasteiger partial charge in [0.25, 0.3) is 0 Å². The molecule has 0 amide bonds. The molecule has 0 aromatic heterocycles. The van der Waals surface area contributed by atoms with E-state index in [0.29, 0.717) is 25.2 Å². The van der Waals surface area contributed by atoms with Crippen molar-refractivity contribution in [1.29, 1.82) is 0 Å². The molecule has 7 nitrogen and oxygen atoms in total. The number of ketones is 1. The Hall–Kier alpha value is -0.570. The van der Waals surface area contributed by atoms with Crippen molar-refractivity contribution in [3.63, 3.8) is 0 Å². The number of Topliss-reactive ketones (excluding diaryl/α,β-unsaturated/α-hetero) is 1. The van der Waals surface area contributed by atoms with Gasteiger partial charge in [-0.2, -0.15) is 0 Å². The third kappa shape index (κ3) is 3.64. The van der Waals surface area contributed by atoms with E-state index in [1.165, 1.54) is 0 Å². The van der Waals surface area contributed by atoms with Gasteiger partial charge in [0.15, 0.2) is 0 Å². The van der Waals surface area contributed by atoms with E-state index in [2.05, 4.69) is 13.8 Å². The Morgan fingerprint density at radius 1 is 1.06 bits per heavy atom. The average molecular weight is 483 g/mol. The smallest absolute Gasteiger partial charge is 0.137 e. The molecular formula is C27H46O7. The van der Waals surface area contributed by atoms with Crippen LogP contribution in [0.5, 0.6) is 0 Å². The van der Waals surface area contributed by atoms with Gasteiger partial charge in [0.05, 0.1) is 35.6 Å². The third-order valence-electron chi connectivity index (χ3n) is 11.0. The zero-order valence-electron chi connectivity index (χ0n) is 21.4. The fourth-order valence-electron chi connectivity index (χ4n) is 9.10. The molecule has 0 aromatic carbocycles. The highest BCUT2D eigenvalue weighted by Crippen LogP contribution is 2.69. The molecule has 196 valence electrons. The predicted octanol–water partition coefficient (Wildman–Crippen LogP) is 1.79. The van der Waals surface area contributed by atoms with Crippen molar-refractivity contribution < 1.29 is 35.4 Å². The Morgan fingerprint density at radius 3 is 2.32 bits per heavy atom. The SMILES string of the molecule is CC(C)CC[C@@H](O)[C@](C)(O)[C@H]1CC[C@@]2(O)[C@@H]3CC(=O)[C@@H]4C[C@@H](O)[C@@H](O)C[C@]4(C)[C@H]3[C@H](O)C[C@]12C. The van der Waals surface area contributed by atoms with Crippen LogP contribution < -0.4 is 0 Å². The summed E-state index contributed by atoms with van der Waals surface area (Å²) in [5, 5.41) is 67.1. The summed E-state index contributed by atoms with van der Waals surface area (Å²) in [4.78, 5) is 13.3. The lowest BCUT2D eigenvalue weighted by atomic mass is 9.41. The predicted molar refractivity (Wildman–Crippen MR) is 127 cm³/mol. The highest BCUT2D eigenvalue weighted by molar-refractivity contribution is 5.83. The van der Waals surface area contributed by atoms with Crippen LogP contribution in [0.2, 0.25) is 0 Å². The molecule has 0 aromatic rings. The van der Waals surface area contributed by atoms with Gasteiger partial charge in [-0.25, -0.2) is 0 Å². The summed E-state index contributed by atoms with van der Waals surface area (Å²) >= 11 is 0.